The Morgan fingerprint density at radius 1 is 1.37 bits per heavy atom. The van der Waals surface area contributed by atoms with Gasteiger partial charge in [-0.25, -0.2) is 9.97 Å². The van der Waals surface area contributed by atoms with Gasteiger partial charge in [0.25, 0.3) is 0 Å². The van der Waals surface area contributed by atoms with Crippen molar-refractivity contribution in [3.63, 3.8) is 0 Å². The molecule has 0 bridgehead atoms. The first kappa shape index (κ1) is 11.7. The SMILES string of the molecule is c1cnc2c(c1)nc(C1CCSC1)n2C1CCCN1. The molecule has 2 atom stereocenters. The van der Waals surface area contributed by atoms with Crippen LogP contribution >= 0.6 is 11.8 Å². The van der Waals surface area contributed by atoms with Crippen molar-refractivity contribution in [3.8, 4) is 0 Å². The monoisotopic (exact) mass is 274 g/mol. The number of nitrogens with one attached hydrogen (secondary N) is 1. The quantitative estimate of drug-likeness (QED) is 0.914. The van der Waals surface area contributed by atoms with Crippen LogP contribution in [0.4, 0.5) is 0 Å². The second-order valence-corrected chi connectivity index (χ2v) is 6.51. The number of thioether (sulfide) groups is 1. The number of rotatable bonds is 2. The molecule has 0 spiro atoms. The summed E-state index contributed by atoms with van der Waals surface area (Å²) in [5.41, 5.74) is 2.09. The van der Waals surface area contributed by atoms with Gasteiger partial charge in [0.2, 0.25) is 0 Å². The summed E-state index contributed by atoms with van der Waals surface area (Å²) in [5.74, 6) is 4.31. The van der Waals surface area contributed by atoms with E-state index in [-0.39, 0.29) is 0 Å². The Balaban J connectivity index is 1.87. The molecular weight excluding hydrogens is 256 g/mol. The number of fused-ring (bicyclic) bond motifs is 1. The maximum atomic E-state index is 4.89. The fourth-order valence-electron chi connectivity index (χ4n) is 3.17. The van der Waals surface area contributed by atoms with Crippen LogP contribution in [0.3, 0.4) is 0 Å². The standard InChI is InChI=1S/C14H18N4S/c1-3-11-14(16-7-1)18(12-4-2-6-15-12)13(17-11)10-5-8-19-9-10/h1,3,7,10,12,15H,2,4-6,8-9H2. The van der Waals surface area contributed by atoms with Crippen LogP contribution in [-0.2, 0) is 0 Å². The van der Waals surface area contributed by atoms with E-state index < -0.39 is 0 Å². The van der Waals surface area contributed by atoms with E-state index in [0.29, 0.717) is 12.1 Å². The summed E-state index contributed by atoms with van der Waals surface area (Å²) in [4.78, 5) is 9.46. The lowest BCUT2D eigenvalue weighted by Gasteiger charge is -2.18. The summed E-state index contributed by atoms with van der Waals surface area (Å²) in [7, 11) is 0. The molecule has 0 amide bonds. The molecule has 0 radical (unpaired) electrons. The Bertz CT molecular complexity index is 582. The van der Waals surface area contributed by atoms with Gasteiger partial charge >= 0.3 is 0 Å². The van der Waals surface area contributed by atoms with Crippen molar-refractivity contribution in [2.75, 3.05) is 18.1 Å². The molecule has 2 aromatic rings. The molecule has 4 nitrogen and oxygen atoms in total. The largest absolute Gasteiger partial charge is 0.297 e. The molecule has 2 aliphatic heterocycles. The fraction of sp³-hybridized carbons (Fsp3) is 0.571. The van der Waals surface area contributed by atoms with Crippen molar-refractivity contribution in [1.82, 2.24) is 19.9 Å². The third-order valence-corrected chi connectivity index (χ3v) is 5.28. The molecule has 2 saturated heterocycles. The molecule has 0 saturated carbocycles. The van der Waals surface area contributed by atoms with Gasteiger partial charge < -0.3 is 0 Å². The molecule has 4 rings (SSSR count). The van der Waals surface area contributed by atoms with Crippen LogP contribution in [-0.4, -0.2) is 32.6 Å². The summed E-state index contributed by atoms with van der Waals surface area (Å²) in [5, 5.41) is 3.59. The topological polar surface area (TPSA) is 42.7 Å². The van der Waals surface area contributed by atoms with E-state index in [2.05, 4.69) is 20.9 Å². The highest BCUT2D eigenvalue weighted by atomic mass is 32.2. The van der Waals surface area contributed by atoms with Gasteiger partial charge in [-0.3, -0.25) is 9.88 Å². The average molecular weight is 274 g/mol. The summed E-state index contributed by atoms with van der Waals surface area (Å²) < 4.78 is 2.37. The lowest BCUT2D eigenvalue weighted by Crippen LogP contribution is -2.23. The Kier molecular flexibility index (Phi) is 2.96. The molecule has 0 aliphatic carbocycles. The van der Waals surface area contributed by atoms with Gasteiger partial charge in [-0.15, -0.1) is 0 Å². The van der Waals surface area contributed by atoms with Gasteiger partial charge in [0.15, 0.2) is 5.65 Å². The van der Waals surface area contributed by atoms with Crippen LogP contribution in [0.5, 0.6) is 0 Å². The van der Waals surface area contributed by atoms with Crippen LogP contribution in [0.1, 0.15) is 37.2 Å². The van der Waals surface area contributed by atoms with Gasteiger partial charge in [0, 0.05) is 17.9 Å². The number of hydrogen-bond donors (Lipinski definition) is 1. The van der Waals surface area contributed by atoms with Crippen molar-refractivity contribution in [3.05, 3.63) is 24.2 Å². The first-order valence-corrected chi connectivity index (χ1v) is 8.23. The van der Waals surface area contributed by atoms with Gasteiger partial charge in [-0.1, -0.05) is 0 Å². The lowest BCUT2D eigenvalue weighted by molar-refractivity contribution is 0.450. The molecular formula is C14H18N4S. The Labute approximate surface area is 117 Å². The number of aromatic nitrogens is 3. The Hall–Kier alpha value is -1.07. The minimum atomic E-state index is 0.389. The molecule has 19 heavy (non-hydrogen) atoms. The number of pyridine rings is 1. The van der Waals surface area contributed by atoms with Gasteiger partial charge in [0.1, 0.15) is 11.3 Å². The van der Waals surface area contributed by atoms with E-state index in [9.17, 15) is 0 Å². The number of nitrogens with zero attached hydrogens (tertiary/aromatic N) is 3. The second kappa shape index (κ2) is 4.80. The Morgan fingerprint density at radius 3 is 3.16 bits per heavy atom. The highest BCUT2D eigenvalue weighted by Gasteiger charge is 2.28. The van der Waals surface area contributed by atoms with Crippen LogP contribution in [0.2, 0.25) is 0 Å². The molecule has 2 unspecified atom stereocenters. The number of imidazole rings is 1. The van der Waals surface area contributed by atoms with E-state index >= 15 is 0 Å². The van der Waals surface area contributed by atoms with Gasteiger partial charge in [0.05, 0.1) is 6.17 Å². The average Bonchev–Trinajstić information content (AvgIpc) is 3.17. The van der Waals surface area contributed by atoms with Crippen LogP contribution in [0, 0.1) is 0 Å². The molecule has 2 aliphatic rings. The minimum Gasteiger partial charge on any atom is -0.297 e. The summed E-state index contributed by atoms with van der Waals surface area (Å²) >= 11 is 2.04. The zero-order chi connectivity index (χ0) is 12.7. The minimum absolute atomic E-state index is 0.389. The fourth-order valence-corrected chi connectivity index (χ4v) is 4.39. The van der Waals surface area contributed by atoms with Gasteiger partial charge in [-0.05, 0) is 43.7 Å². The predicted molar refractivity (Wildman–Crippen MR) is 78.5 cm³/mol. The van der Waals surface area contributed by atoms with Crippen LogP contribution in [0.15, 0.2) is 18.3 Å². The summed E-state index contributed by atoms with van der Waals surface area (Å²) in [6.45, 7) is 1.11. The predicted octanol–water partition coefficient (Wildman–Crippen LogP) is 2.53. The van der Waals surface area contributed by atoms with Crippen molar-refractivity contribution in [2.45, 2.75) is 31.3 Å². The van der Waals surface area contributed by atoms with Crippen molar-refractivity contribution >= 4 is 22.9 Å². The molecule has 100 valence electrons. The lowest BCUT2D eigenvalue weighted by atomic mass is 10.1. The summed E-state index contributed by atoms with van der Waals surface area (Å²) in [6.07, 6.45) is 5.95. The highest BCUT2D eigenvalue weighted by Crippen LogP contribution is 2.35. The van der Waals surface area contributed by atoms with E-state index in [4.69, 9.17) is 4.98 Å². The molecule has 4 heterocycles. The first-order chi connectivity index (χ1) is 9.43. The van der Waals surface area contributed by atoms with Crippen LogP contribution < -0.4 is 5.32 Å². The normalized spacial score (nSPS) is 27.4. The number of hydrogen-bond acceptors (Lipinski definition) is 4. The highest BCUT2D eigenvalue weighted by molar-refractivity contribution is 7.99. The van der Waals surface area contributed by atoms with Crippen molar-refractivity contribution in [2.24, 2.45) is 0 Å². The molecule has 5 heteroatoms. The molecule has 2 fully saturated rings. The van der Waals surface area contributed by atoms with E-state index in [1.165, 1.54) is 36.6 Å². The first-order valence-electron chi connectivity index (χ1n) is 7.07. The Morgan fingerprint density at radius 2 is 2.37 bits per heavy atom. The second-order valence-electron chi connectivity index (χ2n) is 5.36. The van der Waals surface area contributed by atoms with E-state index in [0.717, 1.165) is 17.7 Å². The van der Waals surface area contributed by atoms with Gasteiger partial charge in [-0.2, -0.15) is 11.8 Å². The maximum Gasteiger partial charge on any atom is 0.161 e. The third-order valence-electron chi connectivity index (χ3n) is 4.12. The van der Waals surface area contributed by atoms with E-state index in [1.54, 1.807) is 0 Å². The molecule has 0 aromatic carbocycles. The van der Waals surface area contributed by atoms with Crippen molar-refractivity contribution in [1.29, 1.82) is 0 Å². The maximum absolute atomic E-state index is 4.89. The zero-order valence-electron chi connectivity index (χ0n) is 10.9. The molecule has 1 N–H and O–H groups in total. The van der Waals surface area contributed by atoms with E-state index in [1.807, 2.05) is 24.0 Å². The summed E-state index contributed by atoms with van der Waals surface area (Å²) in [6, 6.07) is 4.06. The van der Waals surface area contributed by atoms with Crippen LogP contribution in [0.25, 0.3) is 11.2 Å². The zero-order valence-corrected chi connectivity index (χ0v) is 11.7. The third kappa shape index (κ3) is 1.96. The smallest absolute Gasteiger partial charge is 0.161 e. The molecule has 2 aromatic heterocycles. The van der Waals surface area contributed by atoms with Crippen molar-refractivity contribution < 1.29 is 0 Å².